The molecule has 0 nitrogen and oxygen atoms in total. The predicted octanol–water partition coefficient (Wildman–Crippen LogP) is -4.52. The molecule has 0 saturated carbocycles. The van der Waals surface area contributed by atoms with Crippen LogP contribution in [0.3, 0.4) is 0 Å². The number of rotatable bonds is 3. The van der Waals surface area contributed by atoms with Crippen LogP contribution >= 0.6 is 0 Å². The van der Waals surface area contributed by atoms with Crippen molar-refractivity contribution in [3.63, 3.8) is 0 Å². The second-order valence-electron chi connectivity index (χ2n) is 6.73. The molecule has 0 unspecified atom stereocenters. The van der Waals surface area contributed by atoms with E-state index in [1.54, 1.807) is 5.19 Å². The van der Waals surface area contributed by atoms with Gasteiger partial charge in [0, 0.05) is 8.07 Å². The number of hydrogen-bond acceptors (Lipinski definition) is 0. The molecule has 2 rings (SSSR count). The Balaban J connectivity index is -0.000001000. The quantitative estimate of drug-likeness (QED) is 0.345. The van der Waals surface area contributed by atoms with Gasteiger partial charge >= 0.3 is 21.7 Å². The standard InChI is InChI=1S/C18H25Si.3ClH.Ti/c1-13-7-9-17(15(3)14(13)2)11-16-8-10-18(12-16)19(4,5)6;;;;/h7-10,12H,11H2,1-6H3;3*1H;/q-1;;;;+4/p-3. The van der Waals surface area contributed by atoms with E-state index in [1.165, 1.54) is 27.8 Å². The summed E-state index contributed by atoms with van der Waals surface area (Å²) >= 11 is 0. The molecule has 0 heterocycles. The van der Waals surface area contributed by atoms with Crippen LogP contribution in [-0.2, 0) is 28.1 Å². The van der Waals surface area contributed by atoms with Gasteiger partial charge in [-0.25, -0.2) is 11.3 Å². The molecule has 0 aliphatic rings. The Bertz CT molecular complexity index is 601. The van der Waals surface area contributed by atoms with Crippen molar-refractivity contribution in [3.8, 4) is 0 Å². The van der Waals surface area contributed by atoms with E-state index in [0.717, 1.165) is 6.42 Å². The first-order valence-corrected chi connectivity index (χ1v) is 10.6. The van der Waals surface area contributed by atoms with Gasteiger partial charge in [0.15, 0.2) is 0 Å². The summed E-state index contributed by atoms with van der Waals surface area (Å²) < 4.78 is 0. The molecule has 5 heteroatoms. The molecule has 2 aromatic carbocycles. The second kappa shape index (κ2) is 11.1. The van der Waals surface area contributed by atoms with E-state index in [2.05, 4.69) is 70.7 Å². The average molecular weight is 424 g/mol. The van der Waals surface area contributed by atoms with Crippen LogP contribution in [0.4, 0.5) is 0 Å². The Hall–Kier alpha value is 0.371. The zero-order chi connectivity index (χ0) is 14.2. The van der Waals surface area contributed by atoms with Crippen LogP contribution in [-0.4, -0.2) is 8.07 Å². The summed E-state index contributed by atoms with van der Waals surface area (Å²) in [5.41, 5.74) is 7.22. The van der Waals surface area contributed by atoms with E-state index in [4.69, 9.17) is 0 Å². The molecular formula is C18H25Cl3SiTi. The monoisotopic (exact) mass is 422 g/mol. The SMILES string of the molecule is Cc1ccc(C[c-]2ccc([Si](C)(C)C)c2)c(C)c1C.[Cl-].[Cl-].[Cl-].[Ti+4]. The van der Waals surface area contributed by atoms with Crippen LogP contribution in [0.2, 0.25) is 19.6 Å². The molecule has 2 aromatic rings. The van der Waals surface area contributed by atoms with Crippen molar-refractivity contribution in [2.75, 3.05) is 0 Å². The molecule has 0 N–H and O–H groups in total. The van der Waals surface area contributed by atoms with Crippen molar-refractivity contribution in [2.24, 2.45) is 0 Å². The fourth-order valence-electron chi connectivity index (χ4n) is 2.49. The summed E-state index contributed by atoms with van der Waals surface area (Å²) in [6.07, 6.45) is 1.07. The molecule has 23 heavy (non-hydrogen) atoms. The first kappa shape index (κ1) is 28.2. The van der Waals surface area contributed by atoms with E-state index in [-0.39, 0.29) is 58.9 Å². The molecule has 0 bridgehead atoms. The summed E-state index contributed by atoms with van der Waals surface area (Å²) in [5.74, 6) is 0. The Labute approximate surface area is 176 Å². The maximum Gasteiger partial charge on any atom is 4.00 e. The van der Waals surface area contributed by atoms with E-state index in [9.17, 15) is 0 Å². The average Bonchev–Trinajstić information content (AvgIpc) is 2.78. The Morgan fingerprint density at radius 2 is 1.43 bits per heavy atom. The third-order valence-corrected chi connectivity index (χ3v) is 6.29. The molecule has 126 valence electrons. The number of aryl methyl sites for hydroxylation is 1. The minimum Gasteiger partial charge on any atom is -1.00 e. The molecule has 0 atom stereocenters. The molecule has 0 radical (unpaired) electrons. The molecule has 0 aliphatic heterocycles. The van der Waals surface area contributed by atoms with Gasteiger partial charge in [0.05, 0.1) is 0 Å². The maximum absolute atomic E-state index is 2.42. The van der Waals surface area contributed by atoms with Crippen LogP contribution in [0.1, 0.15) is 27.8 Å². The van der Waals surface area contributed by atoms with Gasteiger partial charge in [0.25, 0.3) is 0 Å². The van der Waals surface area contributed by atoms with Gasteiger partial charge in [-0.15, -0.1) is 0 Å². The topological polar surface area (TPSA) is 0 Å². The third-order valence-electron chi connectivity index (χ3n) is 4.25. The molecule has 0 aromatic heterocycles. The van der Waals surface area contributed by atoms with Gasteiger partial charge in [-0.2, -0.15) is 17.7 Å². The van der Waals surface area contributed by atoms with Gasteiger partial charge in [-0.1, -0.05) is 37.3 Å². The zero-order valence-electron chi connectivity index (χ0n) is 14.7. The molecule has 0 fully saturated rings. The number of hydrogen-bond donors (Lipinski definition) is 0. The van der Waals surface area contributed by atoms with Crippen molar-refractivity contribution in [3.05, 3.63) is 58.1 Å². The Morgan fingerprint density at radius 1 is 0.870 bits per heavy atom. The van der Waals surface area contributed by atoms with Gasteiger partial charge in [0.2, 0.25) is 0 Å². The molecule has 0 spiro atoms. The third kappa shape index (κ3) is 7.02. The van der Waals surface area contributed by atoms with E-state index in [1.807, 2.05) is 0 Å². The molecular weight excluding hydrogens is 399 g/mol. The first-order valence-electron chi connectivity index (χ1n) is 7.11. The summed E-state index contributed by atoms with van der Waals surface area (Å²) in [6.45, 7) is 13.9. The molecule has 0 saturated heterocycles. The molecule has 0 aliphatic carbocycles. The normalized spacial score (nSPS) is 9.83. The fourth-order valence-corrected chi connectivity index (χ4v) is 3.69. The fraction of sp³-hybridized carbons (Fsp3) is 0.389. The van der Waals surface area contributed by atoms with E-state index < -0.39 is 8.07 Å². The largest absolute Gasteiger partial charge is 4.00 e. The van der Waals surface area contributed by atoms with Crippen molar-refractivity contribution in [1.29, 1.82) is 0 Å². The number of halogens is 3. The summed E-state index contributed by atoms with van der Waals surface area (Å²) in [7, 11) is -1.16. The van der Waals surface area contributed by atoms with Crippen molar-refractivity contribution in [1.82, 2.24) is 0 Å². The van der Waals surface area contributed by atoms with Gasteiger partial charge in [0.1, 0.15) is 0 Å². The second-order valence-corrected chi connectivity index (χ2v) is 11.8. The van der Waals surface area contributed by atoms with Crippen molar-refractivity contribution < 1.29 is 58.9 Å². The van der Waals surface area contributed by atoms with Crippen LogP contribution in [0.5, 0.6) is 0 Å². The Kier molecular flexibility index (Phi) is 13.6. The van der Waals surface area contributed by atoms with Crippen LogP contribution in [0, 0.1) is 20.8 Å². The van der Waals surface area contributed by atoms with Crippen molar-refractivity contribution >= 4 is 13.3 Å². The smallest absolute Gasteiger partial charge is 1.00 e. The summed E-state index contributed by atoms with van der Waals surface area (Å²) in [5, 5.41) is 1.57. The van der Waals surface area contributed by atoms with E-state index >= 15 is 0 Å². The number of benzene rings is 1. The Morgan fingerprint density at radius 3 is 1.91 bits per heavy atom. The van der Waals surface area contributed by atoms with Gasteiger partial charge in [-0.05, 0) is 43.9 Å². The summed E-state index contributed by atoms with van der Waals surface area (Å²) in [6, 6.07) is 11.6. The van der Waals surface area contributed by atoms with E-state index in [0.29, 0.717) is 0 Å². The minimum atomic E-state index is -1.16. The van der Waals surface area contributed by atoms with Gasteiger partial charge < -0.3 is 37.2 Å². The van der Waals surface area contributed by atoms with Gasteiger partial charge in [-0.3, -0.25) is 0 Å². The first-order chi connectivity index (χ1) is 8.79. The maximum atomic E-state index is 2.42. The molecule has 0 amide bonds. The summed E-state index contributed by atoms with van der Waals surface area (Å²) in [4.78, 5) is 0. The van der Waals surface area contributed by atoms with Crippen LogP contribution < -0.4 is 42.4 Å². The van der Waals surface area contributed by atoms with Crippen LogP contribution in [0.15, 0.2) is 30.3 Å². The minimum absolute atomic E-state index is 0. The van der Waals surface area contributed by atoms with Crippen molar-refractivity contribution in [2.45, 2.75) is 46.8 Å². The zero-order valence-corrected chi connectivity index (χ0v) is 19.6. The predicted molar refractivity (Wildman–Crippen MR) is 88.5 cm³/mol. The van der Waals surface area contributed by atoms with Crippen LogP contribution in [0.25, 0.3) is 0 Å².